The van der Waals surface area contributed by atoms with Gasteiger partial charge in [0, 0.05) is 24.8 Å². The number of likely N-dealkylation sites (tertiary alicyclic amines) is 1. The highest BCUT2D eigenvalue weighted by molar-refractivity contribution is 5.91. The Balaban J connectivity index is 2.15. The second-order valence-corrected chi connectivity index (χ2v) is 5.37. The molecule has 1 aliphatic heterocycles. The molecule has 3 nitrogen and oxygen atoms in total. The van der Waals surface area contributed by atoms with Gasteiger partial charge >= 0.3 is 0 Å². The number of nitrogens with zero attached hydrogens (tertiary/aromatic N) is 1. The molecule has 4 atom stereocenters. The molecule has 2 rings (SSSR count). The second kappa shape index (κ2) is 4.28. The van der Waals surface area contributed by atoms with E-state index in [1.165, 1.54) is 0 Å². The zero-order valence-electron chi connectivity index (χ0n) is 10.4. The highest BCUT2D eigenvalue weighted by Crippen LogP contribution is 2.40. The van der Waals surface area contributed by atoms with E-state index in [2.05, 4.69) is 11.8 Å². The van der Waals surface area contributed by atoms with Crippen molar-refractivity contribution in [3.63, 3.8) is 0 Å². The number of rotatable bonds is 3. The van der Waals surface area contributed by atoms with Crippen LogP contribution in [0.25, 0.3) is 0 Å². The summed E-state index contributed by atoms with van der Waals surface area (Å²) in [4.78, 5) is 26.1. The Kier molecular flexibility index (Phi) is 3.15. The van der Waals surface area contributed by atoms with Crippen molar-refractivity contribution < 1.29 is 9.59 Å². The van der Waals surface area contributed by atoms with Crippen molar-refractivity contribution in [3.8, 4) is 0 Å². The standard InChI is InChI=1S/C13H21NO2/c1-4-8(2)13(16)12-9-5-6-11(15)10(9)7-14(12)3/h8-10,12H,4-7H2,1-3H3/t8?,9-,10-,12?/m0/s1. The third-order valence-corrected chi connectivity index (χ3v) is 4.41. The summed E-state index contributed by atoms with van der Waals surface area (Å²) in [6.07, 6.45) is 2.50. The molecule has 0 spiro atoms. The van der Waals surface area contributed by atoms with E-state index in [1.54, 1.807) is 0 Å². The maximum Gasteiger partial charge on any atom is 0.153 e. The van der Waals surface area contributed by atoms with Crippen LogP contribution in [0.5, 0.6) is 0 Å². The molecular weight excluding hydrogens is 202 g/mol. The molecule has 16 heavy (non-hydrogen) atoms. The van der Waals surface area contributed by atoms with Gasteiger partial charge in [0.25, 0.3) is 0 Å². The average molecular weight is 223 g/mol. The molecule has 1 saturated heterocycles. The SMILES string of the molecule is CCC(C)C(=O)C1[C@H]2CCC(=O)[C@H]2CN1C. The van der Waals surface area contributed by atoms with Gasteiger partial charge in [-0.3, -0.25) is 14.5 Å². The quantitative estimate of drug-likeness (QED) is 0.728. The lowest BCUT2D eigenvalue weighted by molar-refractivity contribution is -0.127. The largest absolute Gasteiger partial charge is 0.299 e. The van der Waals surface area contributed by atoms with Crippen molar-refractivity contribution in [3.05, 3.63) is 0 Å². The van der Waals surface area contributed by atoms with Crippen LogP contribution in [0.3, 0.4) is 0 Å². The van der Waals surface area contributed by atoms with E-state index in [-0.39, 0.29) is 17.9 Å². The first-order valence-corrected chi connectivity index (χ1v) is 6.33. The molecule has 0 radical (unpaired) electrons. The number of carbonyl (C=O) groups excluding carboxylic acids is 2. The molecule has 2 aliphatic rings. The Labute approximate surface area is 97.2 Å². The molecule has 0 aromatic carbocycles. The first kappa shape index (κ1) is 11.8. The van der Waals surface area contributed by atoms with E-state index < -0.39 is 0 Å². The zero-order valence-corrected chi connectivity index (χ0v) is 10.4. The summed E-state index contributed by atoms with van der Waals surface area (Å²) in [6, 6.07) is 0.00593. The van der Waals surface area contributed by atoms with Gasteiger partial charge in [-0.25, -0.2) is 0 Å². The number of likely N-dealkylation sites (N-methyl/N-ethyl adjacent to an activating group) is 1. The van der Waals surface area contributed by atoms with Crippen LogP contribution in [0.4, 0.5) is 0 Å². The normalized spacial score (nSPS) is 36.4. The minimum absolute atomic E-state index is 0.00593. The summed E-state index contributed by atoms with van der Waals surface area (Å²) in [5.74, 6) is 1.28. The summed E-state index contributed by atoms with van der Waals surface area (Å²) in [7, 11) is 1.98. The molecular formula is C13H21NO2. The first-order valence-electron chi connectivity index (χ1n) is 6.33. The zero-order chi connectivity index (χ0) is 11.9. The van der Waals surface area contributed by atoms with E-state index in [0.29, 0.717) is 23.9 Å². The molecule has 0 aromatic rings. The lowest BCUT2D eigenvalue weighted by atomic mass is 9.86. The molecule has 0 aromatic heterocycles. The summed E-state index contributed by atoms with van der Waals surface area (Å²) in [5, 5.41) is 0. The van der Waals surface area contributed by atoms with E-state index >= 15 is 0 Å². The monoisotopic (exact) mass is 223 g/mol. The van der Waals surface area contributed by atoms with Gasteiger partial charge in [-0.1, -0.05) is 13.8 Å². The summed E-state index contributed by atoms with van der Waals surface area (Å²) in [6.45, 7) is 4.84. The Morgan fingerprint density at radius 2 is 2.25 bits per heavy atom. The van der Waals surface area contributed by atoms with Crippen LogP contribution in [0, 0.1) is 17.8 Å². The van der Waals surface area contributed by atoms with Crippen molar-refractivity contribution in [1.29, 1.82) is 0 Å². The Morgan fingerprint density at radius 1 is 1.56 bits per heavy atom. The van der Waals surface area contributed by atoms with Gasteiger partial charge < -0.3 is 0 Å². The van der Waals surface area contributed by atoms with Crippen molar-refractivity contribution >= 4 is 11.6 Å². The van der Waals surface area contributed by atoms with E-state index in [9.17, 15) is 9.59 Å². The average Bonchev–Trinajstić information content (AvgIpc) is 2.76. The molecule has 90 valence electrons. The van der Waals surface area contributed by atoms with Crippen molar-refractivity contribution in [2.45, 2.75) is 39.2 Å². The molecule has 1 aliphatic carbocycles. The highest BCUT2D eigenvalue weighted by atomic mass is 16.1. The van der Waals surface area contributed by atoms with Gasteiger partial charge in [-0.05, 0) is 25.8 Å². The van der Waals surface area contributed by atoms with Crippen molar-refractivity contribution in [2.24, 2.45) is 17.8 Å². The van der Waals surface area contributed by atoms with E-state index in [1.807, 2.05) is 14.0 Å². The number of fused-ring (bicyclic) bond motifs is 1. The third kappa shape index (κ3) is 1.71. The number of Topliss-reactive ketones (excluding diaryl/α,β-unsaturated/α-hetero) is 2. The molecule has 2 fully saturated rings. The fourth-order valence-electron chi connectivity index (χ4n) is 3.22. The molecule has 0 amide bonds. The second-order valence-electron chi connectivity index (χ2n) is 5.37. The van der Waals surface area contributed by atoms with Gasteiger partial charge in [-0.2, -0.15) is 0 Å². The van der Waals surface area contributed by atoms with Gasteiger partial charge in [0.2, 0.25) is 0 Å². The van der Waals surface area contributed by atoms with E-state index in [4.69, 9.17) is 0 Å². The Hall–Kier alpha value is -0.700. The van der Waals surface area contributed by atoms with Crippen LogP contribution in [-0.2, 0) is 9.59 Å². The van der Waals surface area contributed by atoms with E-state index in [0.717, 1.165) is 19.4 Å². The topological polar surface area (TPSA) is 37.4 Å². The van der Waals surface area contributed by atoms with Crippen molar-refractivity contribution in [1.82, 2.24) is 4.90 Å². The van der Waals surface area contributed by atoms with Gasteiger partial charge in [-0.15, -0.1) is 0 Å². The molecule has 2 unspecified atom stereocenters. The maximum absolute atomic E-state index is 12.3. The molecule has 1 saturated carbocycles. The Bertz CT molecular complexity index is 313. The summed E-state index contributed by atoms with van der Waals surface area (Å²) in [5.41, 5.74) is 0. The third-order valence-electron chi connectivity index (χ3n) is 4.41. The van der Waals surface area contributed by atoms with Gasteiger partial charge in [0.1, 0.15) is 5.78 Å². The Morgan fingerprint density at radius 3 is 2.88 bits per heavy atom. The fraction of sp³-hybridized carbons (Fsp3) is 0.846. The number of hydrogen-bond donors (Lipinski definition) is 0. The minimum Gasteiger partial charge on any atom is -0.299 e. The molecule has 0 N–H and O–H groups in total. The van der Waals surface area contributed by atoms with Gasteiger partial charge in [0.05, 0.1) is 6.04 Å². The first-order chi connectivity index (χ1) is 7.56. The predicted octanol–water partition coefficient (Wildman–Crippen LogP) is 1.51. The number of ketones is 2. The van der Waals surface area contributed by atoms with Crippen LogP contribution in [0.15, 0.2) is 0 Å². The van der Waals surface area contributed by atoms with Crippen LogP contribution < -0.4 is 0 Å². The van der Waals surface area contributed by atoms with Gasteiger partial charge in [0.15, 0.2) is 5.78 Å². The lowest BCUT2D eigenvalue weighted by Gasteiger charge is -2.25. The maximum atomic E-state index is 12.3. The predicted molar refractivity (Wildman–Crippen MR) is 62.1 cm³/mol. The van der Waals surface area contributed by atoms with Crippen molar-refractivity contribution in [2.75, 3.05) is 13.6 Å². The van der Waals surface area contributed by atoms with Crippen LogP contribution in [0.2, 0.25) is 0 Å². The van der Waals surface area contributed by atoms with Crippen LogP contribution >= 0.6 is 0 Å². The lowest BCUT2D eigenvalue weighted by Crippen LogP contribution is -2.40. The molecule has 3 heteroatoms. The fourth-order valence-corrected chi connectivity index (χ4v) is 3.22. The van der Waals surface area contributed by atoms with Crippen LogP contribution in [0.1, 0.15) is 33.1 Å². The minimum atomic E-state index is 0.00593. The molecule has 0 bridgehead atoms. The number of hydrogen-bond acceptors (Lipinski definition) is 3. The smallest absolute Gasteiger partial charge is 0.153 e. The summed E-state index contributed by atoms with van der Waals surface area (Å²) >= 11 is 0. The van der Waals surface area contributed by atoms with Crippen LogP contribution in [-0.4, -0.2) is 36.1 Å². The summed E-state index contributed by atoms with van der Waals surface area (Å²) < 4.78 is 0. The number of carbonyl (C=O) groups is 2. The molecule has 1 heterocycles. The highest BCUT2D eigenvalue weighted by Gasteiger charge is 2.50.